The molecule has 0 aromatic heterocycles. The standard InChI is InChI=1S/C12H17NO6/c13-6-3-1-2-4-7(6)18-11-10(16)9(15)8(5-14)19-12(11)17/h1-4,8-12,14-17H,5,13H2/t8-,9-,10+,11+,12+/m1/s1. The molecule has 1 fully saturated rings. The molecule has 7 heteroatoms. The monoisotopic (exact) mass is 271 g/mol. The quantitative estimate of drug-likeness (QED) is 0.421. The van der Waals surface area contributed by atoms with Crippen LogP contribution in [0.4, 0.5) is 5.69 Å². The number of rotatable bonds is 3. The Morgan fingerprint density at radius 3 is 2.47 bits per heavy atom. The lowest BCUT2D eigenvalue weighted by molar-refractivity contribution is -0.280. The first-order valence-electron chi connectivity index (χ1n) is 5.86. The highest BCUT2D eigenvalue weighted by Gasteiger charge is 2.45. The summed E-state index contributed by atoms with van der Waals surface area (Å²) in [6.07, 6.45) is -6.49. The van der Waals surface area contributed by atoms with Gasteiger partial charge in [-0.25, -0.2) is 0 Å². The second kappa shape index (κ2) is 5.72. The zero-order chi connectivity index (χ0) is 14.0. The summed E-state index contributed by atoms with van der Waals surface area (Å²) in [5, 5.41) is 38.3. The summed E-state index contributed by atoms with van der Waals surface area (Å²) in [5.41, 5.74) is 6.02. The van der Waals surface area contributed by atoms with Gasteiger partial charge in [-0.15, -0.1) is 0 Å². The fourth-order valence-electron chi connectivity index (χ4n) is 1.93. The molecule has 0 radical (unpaired) electrons. The number of aliphatic hydroxyl groups excluding tert-OH is 4. The van der Waals surface area contributed by atoms with Crippen LogP contribution in [-0.2, 0) is 4.74 Å². The van der Waals surface area contributed by atoms with Crippen molar-refractivity contribution in [3.63, 3.8) is 0 Å². The Balaban J connectivity index is 2.14. The highest BCUT2D eigenvalue weighted by molar-refractivity contribution is 5.51. The number of hydrogen-bond acceptors (Lipinski definition) is 7. The largest absolute Gasteiger partial charge is 0.480 e. The van der Waals surface area contributed by atoms with Gasteiger partial charge in [-0.3, -0.25) is 0 Å². The first-order valence-corrected chi connectivity index (χ1v) is 5.86. The van der Waals surface area contributed by atoms with Crippen LogP contribution in [-0.4, -0.2) is 57.7 Å². The summed E-state index contributed by atoms with van der Waals surface area (Å²) in [6.45, 7) is -0.518. The molecule has 1 saturated heterocycles. The number of hydrogen-bond donors (Lipinski definition) is 5. The first kappa shape index (κ1) is 14.0. The summed E-state index contributed by atoms with van der Waals surface area (Å²) in [5.74, 6) is 0.267. The van der Waals surface area contributed by atoms with E-state index in [0.717, 1.165) is 0 Å². The van der Waals surface area contributed by atoms with E-state index in [1.807, 2.05) is 0 Å². The second-order valence-electron chi connectivity index (χ2n) is 4.35. The smallest absolute Gasteiger partial charge is 0.195 e. The van der Waals surface area contributed by atoms with Crippen LogP contribution in [0.15, 0.2) is 24.3 Å². The van der Waals surface area contributed by atoms with E-state index in [4.69, 9.17) is 20.3 Å². The molecule has 0 amide bonds. The molecule has 0 spiro atoms. The maximum atomic E-state index is 9.89. The molecular formula is C12H17NO6. The normalized spacial score (nSPS) is 35.1. The van der Waals surface area contributed by atoms with Crippen molar-refractivity contribution >= 4 is 5.69 Å². The summed E-state index contributed by atoms with van der Waals surface area (Å²) < 4.78 is 10.4. The second-order valence-corrected chi connectivity index (χ2v) is 4.35. The van der Waals surface area contributed by atoms with E-state index in [-0.39, 0.29) is 5.75 Å². The van der Waals surface area contributed by atoms with Crippen molar-refractivity contribution in [1.29, 1.82) is 0 Å². The zero-order valence-corrected chi connectivity index (χ0v) is 10.1. The Kier molecular flexibility index (Phi) is 4.23. The molecule has 0 bridgehead atoms. The van der Waals surface area contributed by atoms with Gasteiger partial charge in [-0.2, -0.15) is 0 Å². The SMILES string of the molecule is Nc1ccccc1O[C@H]1[C@@H](O)[C@H](O)[C@@H](CO)O[C@@H]1O. The van der Waals surface area contributed by atoms with Crippen LogP contribution >= 0.6 is 0 Å². The highest BCUT2D eigenvalue weighted by Crippen LogP contribution is 2.27. The third-order valence-electron chi connectivity index (χ3n) is 3.02. The predicted octanol–water partition coefficient (Wildman–Crippen LogP) is -1.55. The predicted molar refractivity (Wildman–Crippen MR) is 65.2 cm³/mol. The Bertz CT molecular complexity index is 428. The van der Waals surface area contributed by atoms with E-state index in [1.54, 1.807) is 24.3 Å². The molecule has 2 rings (SSSR count). The Labute approximate surface area is 109 Å². The fourth-order valence-corrected chi connectivity index (χ4v) is 1.93. The summed E-state index contributed by atoms with van der Waals surface area (Å²) in [4.78, 5) is 0. The third-order valence-corrected chi connectivity index (χ3v) is 3.02. The molecule has 1 aromatic rings. The fraction of sp³-hybridized carbons (Fsp3) is 0.500. The highest BCUT2D eigenvalue weighted by atomic mass is 16.7. The van der Waals surface area contributed by atoms with Gasteiger partial charge < -0.3 is 35.6 Å². The Morgan fingerprint density at radius 2 is 1.84 bits per heavy atom. The maximum absolute atomic E-state index is 9.89. The number of anilines is 1. The molecule has 1 aliphatic heterocycles. The molecule has 5 atom stereocenters. The molecule has 7 nitrogen and oxygen atoms in total. The van der Waals surface area contributed by atoms with Crippen LogP contribution in [0.3, 0.4) is 0 Å². The van der Waals surface area contributed by atoms with E-state index in [2.05, 4.69) is 0 Å². The van der Waals surface area contributed by atoms with Crippen LogP contribution in [0.5, 0.6) is 5.75 Å². The van der Waals surface area contributed by atoms with Crippen molar-refractivity contribution in [2.24, 2.45) is 0 Å². The van der Waals surface area contributed by atoms with E-state index in [1.165, 1.54) is 0 Å². The minimum atomic E-state index is -1.48. The number of ether oxygens (including phenoxy) is 2. The maximum Gasteiger partial charge on any atom is 0.195 e. The molecule has 0 aliphatic carbocycles. The number of para-hydroxylation sites is 2. The van der Waals surface area contributed by atoms with E-state index < -0.39 is 37.3 Å². The Hall–Kier alpha value is -1.38. The number of aliphatic hydroxyl groups is 4. The minimum absolute atomic E-state index is 0.267. The summed E-state index contributed by atoms with van der Waals surface area (Å²) >= 11 is 0. The van der Waals surface area contributed by atoms with Crippen LogP contribution in [0.25, 0.3) is 0 Å². The van der Waals surface area contributed by atoms with E-state index >= 15 is 0 Å². The van der Waals surface area contributed by atoms with Crippen LogP contribution in [0.1, 0.15) is 0 Å². The third kappa shape index (κ3) is 2.80. The van der Waals surface area contributed by atoms with Crippen molar-refractivity contribution < 1.29 is 29.9 Å². The van der Waals surface area contributed by atoms with Gasteiger partial charge in [-0.05, 0) is 12.1 Å². The lowest BCUT2D eigenvalue weighted by atomic mass is 9.99. The van der Waals surface area contributed by atoms with Gasteiger partial charge in [0.15, 0.2) is 12.4 Å². The number of nitrogens with two attached hydrogens (primary N) is 1. The zero-order valence-electron chi connectivity index (χ0n) is 10.1. The minimum Gasteiger partial charge on any atom is -0.480 e. The van der Waals surface area contributed by atoms with Crippen LogP contribution in [0.2, 0.25) is 0 Å². The van der Waals surface area contributed by atoms with Crippen molar-refractivity contribution in [3.8, 4) is 5.75 Å². The van der Waals surface area contributed by atoms with Crippen molar-refractivity contribution in [3.05, 3.63) is 24.3 Å². The number of benzene rings is 1. The van der Waals surface area contributed by atoms with Crippen molar-refractivity contribution in [2.45, 2.75) is 30.7 Å². The molecular weight excluding hydrogens is 254 g/mol. The van der Waals surface area contributed by atoms with Gasteiger partial charge in [0.2, 0.25) is 0 Å². The summed E-state index contributed by atoms with van der Waals surface area (Å²) in [7, 11) is 0. The molecule has 106 valence electrons. The van der Waals surface area contributed by atoms with E-state index in [0.29, 0.717) is 5.69 Å². The molecule has 19 heavy (non-hydrogen) atoms. The van der Waals surface area contributed by atoms with Gasteiger partial charge in [0.25, 0.3) is 0 Å². The van der Waals surface area contributed by atoms with Gasteiger partial charge in [0, 0.05) is 0 Å². The van der Waals surface area contributed by atoms with Gasteiger partial charge >= 0.3 is 0 Å². The van der Waals surface area contributed by atoms with Crippen molar-refractivity contribution in [2.75, 3.05) is 12.3 Å². The molecule has 1 heterocycles. The molecule has 1 aliphatic rings. The van der Waals surface area contributed by atoms with Gasteiger partial charge in [0.05, 0.1) is 12.3 Å². The lowest BCUT2D eigenvalue weighted by Crippen LogP contribution is -2.60. The molecule has 1 aromatic carbocycles. The first-order chi connectivity index (χ1) is 9.04. The van der Waals surface area contributed by atoms with E-state index in [9.17, 15) is 15.3 Å². The number of nitrogen functional groups attached to an aromatic ring is 1. The van der Waals surface area contributed by atoms with Crippen LogP contribution < -0.4 is 10.5 Å². The Morgan fingerprint density at radius 1 is 1.16 bits per heavy atom. The molecule has 0 unspecified atom stereocenters. The van der Waals surface area contributed by atoms with Crippen molar-refractivity contribution in [1.82, 2.24) is 0 Å². The molecule has 6 N–H and O–H groups in total. The average molecular weight is 271 g/mol. The van der Waals surface area contributed by atoms with Gasteiger partial charge in [-0.1, -0.05) is 12.1 Å². The average Bonchev–Trinajstić information content (AvgIpc) is 2.41. The molecule has 0 saturated carbocycles. The van der Waals surface area contributed by atoms with Crippen LogP contribution in [0, 0.1) is 0 Å². The summed E-state index contributed by atoms with van der Waals surface area (Å²) in [6, 6.07) is 6.56. The topological polar surface area (TPSA) is 125 Å². The lowest BCUT2D eigenvalue weighted by Gasteiger charge is -2.39. The van der Waals surface area contributed by atoms with Gasteiger partial charge in [0.1, 0.15) is 24.1 Å².